The molecule has 0 saturated heterocycles. The summed E-state index contributed by atoms with van der Waals surface area (Å²) in [4.78, 5) is 42.2. The average molecular weight is 396 g/mol. The minimum Gasteiger partial charge on any atom is -0.478 e. The van der Waals surface area contributed by atoms with E-state index < -0.39 is 16.8 Å². The van der Waals surface area contributed by atoms with Gasteiger partial charge >= 0.3 is 5.97 Å². The summed E-state index contributed by atoms with van der Waals surface area (Å²) in [5, 5.41) is 22.8. The van der Waals surface area contributed by atoms with Gasteiger partial charge in [0.1, 0.15) is 11.2 Å². The normalized spacial score (nSPS) is 10.7. The van der Waals surface area contributed by atoms with Gasteiger partial charge in [0.25, 0.3) is 5.69 Å². The summed E-state index contributed by atoms with van der Waals surface area (Å²) in [5.41, 5.74) is 0.610. The number of anilines is 1. The first-order valence-corrected chi connectivity index (χ1v) is 8.64. The molecule has 2 aromatic heterocycles. The van der Waals surface area contributed by atoms with E-state index in [0.29, 0.717) is 15.6 Å². The number of nitrogens with zero attached hydrogens (tertiary/aromatic N) is 3. The highest BCUT2D eigenvalue weighted by molar-refractivity contribution is 7.15. The van der Waals surface area contributed by atoms with Crippen molar-refractivity contribution in [2.45, 2.75) is 0 Å². The molecule has 3 aromatic rings. The van der Waals surface area contributed by atoms with Gasteiger partial charge in [-0.25, -0.2) is 14.8 Å². The van der Waals surface area contributed by atoms with E-state index in [1.54, 1.807) is 18.3 Å². The van der Waals surface area contributed by atoms with Crippen LogP contribution in [0.25, 0.3) is 16.6 Å². The minimum atomic E-state index is -1.14. The van der Waals surface area contributed by atoms with Gasteiger partial charge in [-0.15, -0.1) is 11.3 Å². The highest BCUT2D eigenvalue weighted by Crippen LogP contribution is 2.26. The summed E-state index contributed by atoms with van der Waals surface area (Å²) in [6.45, 7) is 0. The van der Waals surface area contributed by atoms with Crippen molar-refractivity contribution in [3.05, 3.63) is 75.6 Å². The van der Waals surface area contributed by atoms with Crippen molar-refractivity contribution in [1.82, 2.24) is 9.97 Å². The molecule has 140 valence electrons. The zero-order chi connectivity index (χ0) is 20.1. The lowest BCUT2D eigenvalue weighted by atomic mass is 10.2. The molecule has 0 aliphatic carbocycles. The number of nitrogens with one attached hydrogen (secondary N) is 1. The second-order valence-electron chi connectivity index (χ2n) is 5.39. The van der Waals surface area contributed by atoms with Crippen molar-refractivity contribution in [1.29, 1.82) is 0 Å². The van der Waals surface area contributed by atoms with Gasteiger partial charge in [0.2, 0.25) is 5.91 Å². The lowest BCUT2D eigenvalue weighted by Gasteiger charge is -2.05. The molecule has 0 aliphatic rings. The summed E-state index contributed by atoms with van der Waals surface area (Å²) in [6, 6.07) is 8.96. The number of carboxylic acids is 1. The van der Waals surface area contributed by atoms with Crippen LogP contribution in [0, 0.1) is 10.1 Å². The largest absolute Gasteiger partial charge is 0.478 e. The molecule has 0 atom stereocenters. The second-order valence-corrected chi connectivity index (χ2v) is 6.46. The first-order valence-electron chi connectivity index (χ1n) is 7.82. The third-order valence-electron chi connectivity index (χ3n) is 3.53. The van der Waals surface area contributed by atoms with Crippen molar-refractivity contribution >= 4 is 40.7 Å². The van der Waals surface area contributed by atoms with Crippen molar-refractivity contribution < 1.29 is 19.6 Å². The third kappa shape index (κ3) is 4.43. The number of para-hydroxylation sites is 1. The lowest BCUT2D eigenvalue weighted by molar-refractivity contribution is -0.385. The predicted molar refractivity (Wildman–Crippen MR) is 103 cm³/mol. The molecule has 0 radical (unpaired) electrons. The molecule has 0 bridgehead atoms. The molecule has 9 nitrogen and oxygen atoms in total. The molecule has 10 heteroatoms. The van der Waals surface area contributed by atoms with Crippen LogP contribution in [0.2, 0.25) is 0 Å². The summed E-state index contributed by atoms with van der Waals surface area (Å²) >= 11 is 1.25. The van der Waals surface area contributed by atoms with E-state index in [0.717, 1.165) is 6.20 Å². The monoisotopic (exact) mass is 396 g/mol. The van der Waals surface area contributed by atoms with Gasteiger partial charge in [-0.3, -0.25) is 14.9 Å². The van der Waals surface area contributed by atoms with Crippen LogP contribution in [0.3, 0.4) is 0 Å². The van der Waals surface area contributed by atoms with Crippen LogP contribution in [0.1, 0.15) is 15.4 Å². The van der Waals surface area contributed by atoms with Crippen molar-refractivity contribution in [2.75, 3.05) is 5.32 Å². The number of rotatable bonds is 6. The van der Waals surface area contributed by atoms with Gasteiger partial charge < -0.3 is 10.4 Å². The zero-order valence-corrected chi connectivity index (χ0v) is 14.9. The van der Waals surface area contributed by atoms with Crippen LogP contribution in [0.4, 0.5) is 11.4 Å². The number of carboxylic acid groups (broad SMARTS) is 1. The smallest absolute Gasteiger partial charge is 0.337 e. The summed E-state index contributed by atoms with van der Waals surface area (Å²) in [7, 11) is 0. The Kier molecular flexibility index (Phi) is 5.51. The molecule has 0 aliphatic heterocycles. The van der Waals surface area contributed by atoms with E-state index in [2.05, 4.69) is 15.3 Å². The van der Waals surface area contributed by atoms with Gasteiger partial charge in [0.05, 0.1) is 26.7 Å². The maximum atomic E-state index is 12.0. The van der Waals surface area contributed by atoms with E-state index in [9.17, 15) is 19.7 Å². The molecule has 2 heterocycles. The minimum absolute atomic E-state index is 0.00923. The standard InChI is InChI=1S/C18H12N4O5S/c23-16(21-13-4-2-1-3-12(13)18(24)25)7-8-17-20-10-15(28-17)14-6-5-11(9-19-14)22(26)27/h1-10H,(H,21,23)(H,24,25). The molecule has 3 rings (SSSR count). The first-order chi connectivity index (χ1) is 13.4. The molecule has 2 N–H and O–H groups in total. The van der Waals surface area contributed by atoms with Crippen LogP contribution in [-0.2, 0) is 4.79 Å². The van der Waals surface area contributed by atoms with E-state index in [-0.39, 0.29) is 16.9 Å². The zero-order valence-electron chi connectivity index (χ0n) is 14.1. The second kappa shape index (κ2) is 8.18. The highest BCUT2D eigenvalue weighted by Gasteiger charge is 2.11. The van der Waals surface area contributed by atoms with Crippen molar-refractivity contribution in [3.63, 3.8) is 0 Å². The number of pyridine rings is 1. The molecule has 0 fully saturated rings. The fourth-order valence-electron chi connectivity index (χ4n) is 2.22. The molecule has 0 saturated carbocycles. The molecule has 1 aromatic carbocycles. The van der Waals surface area contributed by atoms with E-state index in [1.165, 1.54) is 47.8 Å². The van der Waals surface area contributed by atoms with Crippen LogP contribution in [0.5, 0.6) is 0 Å². The molecular formula is C18H12N4O5S. The van der Waals surface area contributed by atoms with Gasteiger partial charge in [-0.2, -0.15) is 0 Å². The third-order valence-corrected chi connectivity index (χ3v) is 4.51. The number of carbonyl (C=O) groups is 2. The Balaban J connectivity index is 1.69. The van der Waals surface area contributed by atoms with Gasteiger partial charge in [0, 0.05) is 18.3 Å². The first kappa shape index (κ1) is 18.9. The van der Waals surface area contributed by atoms with Crippen LogP contribution < -0.4 is 5.32 Å². The number of amides is 1. The molecule has 1 amide bonds. The quantitative estimate of drug-likeness (QED) is 0.370. The highest BCUT2D eigenvalue weighted by atomic mass is 32.1. The maximum Gasteiger partial charge on any atom is 0.337 e. The Hall–Kier alpha value is -3.92. The summed E-state index contributed by atoms with van der Waals surface area (Å²) < 4.78 is 0. The SMILES string of the molecule is O=C(C=Cc1ncc(-c2ccc([N+](=O)[O-])cn2)s1)Nc1ccccc1C(=O)O. The van der Waals surface area contributed by atoms with Gasteiger partial charge in [-0.05, 0) is 24.3 Å². The fourth-order valence-corrected chi connectivity index (χ4v) is 3.02. The number of hydrogen-bond acceptors (Lipinski definition) is 7. The number of aromatic carboxylic acids is 1. The summed E-state index contributed by atoms with van der Waals surface area (Å²) in [6.07, 6.45) is 5.44. The van der Waals surface area contributed by atoms with Crippen molar-refractivity contribution in [3.8, 4) is 10.6 Å². The van der Waals surface area contributed by atoms with E-state index >= 15 is 0 Å². The lowest BCUT2D eigenvalue weighted by Crippen LogP contribution is -2.11. The average Bonchev–Trinajstić information content (AvgIpc) is 3.16. The van der Waals surface area contributed by atoms with Crippen LogP contribution >= 0.6 is 11.3 Å². The maximum absolute atomic E-state index is 12.0. The summed E-state index contributed by atoms with van der Waals surface area (Å²) in [5.74, 6) is -1.64. The fraction of sp³-hybridized carbons (Fsp3) is 0. The molecule has 0 spiro atoms. The Morgan fingerprint density at radius 2 is 1.93 bits per heavy atom. The van der Waals surface area contributed by atoms with Crippen molar-refractivity contribution in [2.24, 2.45) is 0 Å². The predicted octanol–water partition coefficient (Wildman–Crippen LogP) is 3.46. The Morgan fingerprint density at radius 3 is 2.61 bits per heavy atom. The Labute approximate surface area is 162 Å². The number of benzene rings is 1. The number of thiazole rings is 1. The molecule has 0 unspecified atom stereocenters. The van der Waals surface area contributed by atoms with E-state index in [4.69, 9.17) is 5.11 Å². The number of carbonyl (C=O) groups excluding carboxylic acids is 1. The van der Waals surface area contributed by atoms with Crippen LogP contribution in [-0.4, -0.2) is 31.9 Å². The van der Waals surface area contributed by atoms with Gasteiger partial charge in [-0.1, -0.05) is 12.1 Å². The number of hydrogen-bond donors (Lipinski definition) is 2. The number of aromatic nitrogens is 2. The van der Waals surface area contributed by atoms with E-state index in [1.807, 2.05) is 0 Å². The Morgan fingerprint density at radius 1 is 1.14 bits per heavy atom. The molecular weight excluding hydrogens is 384 g/mol. The van der Waals surface area contributed by atoms with Gasteiger partial charge in [0.15, 0.2) is 0 Å². The Bertz CT molecular complexity index is 1080. The number of nitro groups is 1. The topological polar surface area (TPSA) is 135 Å². The van der Waals surface area contributed by atoms with Crippen LogP contribution in [0.15, 0.2) is 54.9 Å². The molecule has 28 heavy (non-hydrogen) atoms.